The van der Waals surface area contributed by atoms with E-state index in [1.807, 2.05) is 6.07 Å². The van der Waals surface area contributed by atoms with Crippen molar-refractivity contribution in [1.29, 1.82) is 5.26 Å². The molecule has 1 aliphatic heterocycles. The lowest BCUT2D eigenvalue weighted by molar-refractivity contribution is 0.628. The fourth-order valence-electron chi connectivity index (χ4n) is 4.64. The van der Waals surface area contributed by atoms with E-state index in [-0.39, 0.29) is 11.1 Å². The fourth-order valence-corrected chi connectivity index (χ4v) is 6.18. The first-order valence-electron chi connectivity index (χ1n) is 11.7. The van der Waals surface area contributed by atoms with Crippen LogP contribution in [0.1, 0.15) is 33.3 Å². The second kappa shape index (κ2) is 10.2. The summed E-state index contributed by atoms with van der Waals surface area (Å²) in [5.41, 5.74) is 5.73. The molecular formula is C26H19Cl2FN8S. The average Bonchev–Trinajstić information content (AvgIpc) is 3.61. The Morgan fingerprint density at radius 2 is 2.03 bits per heavy atom. The number of rotatable bonds is 6. The molecule has 4 N–H and O–H groups in total. The quantitative estimate of drug-likeness (QED) is 0.190. The summed E-state index contributed by atoms with van der Waals surface area (Å²) in [6.07, 6.45) is 4.15. The Labute approximate surface area is 230 Å². The molecule has 0 radical (unpaired) electrons. The van der Waals surface area contributed by atoms with Crippen molar-refractivity contribution in [2.24, 2.45) is 0 Å². The molecule has 0 spiro atoms. The van der Waals surface area contributed by atoms with Gasteiger partial charge in [0, 0.05) is 40.6 Å². The number of thiophene rings is 1. The number of halogens is 3. The van der Waals surface area contributed by atoms with Crippen molar-refractivity contribution in [2.45, 2.75) is 19.0 Å². The van der Waals surface area contributed by atoms with Gasteiger partial charge in [0.1, 0.15) is 17.6 Å². The Balaban J connectivity index is 1.45. The Kier molecular flexibility index (Phi) is 6.59. The predicted octanol–water partition coefficient (Wildman–Crippen LogP) is 6.32. The van der Waals surface area contributed by atoms with E-state index < -0.39 is 5.82 Å². The van der Waals surface area contributed by atoms with Crippen LogP contribution in [0.4, 0.5) is 21.5 Å². The Bertz CT molecular complexity index is 1700. The molecule has 5 aromatic rings. The number of nitriles is 1. The molecule has 1 atom stereocenters. The molecule has 0 saturated carbocycles. The summed E-state index contributed by atoms with van der Waals surface area (Å²) >= 11 is 14.4. The monoisotopic (exact) mass is 564 g/mol. The Morgan fingerprint density at radius 3 is 2.82 bits per heavy atom. The van der Waals surface area contributed by atoms with Crippen LogP contribution >= 0.6 is 34.5 Å². The molecule has 1 unspecified atom stereocenters. The number of pyridine rings is 1. The van der Waals surface area contributed by atoms with E-state index >= 15 is 0 Å². The minimum Gasteiger partial charge on any atom is -0.373 e. The summed E-state index contributed by atoms with van der Waals surface area (Å²) < 4.78 is 13.7. The van der Waals surface area contributed by atoms with Crippen molar-refractivity contribution < 1.29 is 4.39 Å². The van der Waals surface area contributed by atoms with Crippen molar-refractivity contribution in [3.63, 3.8) is 0 Å². The van der Waals surface area contributed by atoms with Crippen molar-refractivity contribution in [1.82, 2.24) is 25.7 Å². The lowest BCUT2D eigenvalue weighted by Crippen LogP contribution is -2.24. The zero-order valence-corrected chi connectivity index (χ0v) is 22.0. The van der Waals surface area contributed by atoms with Crippen LogP contribution < -0.4 is 16.0 Å². The predicted molar refractivity (Wildman–Crippen MR) is 148 cm³/mol. The van der Waals surface area contributed by atoms with E-state index in [1.165, 1.54) is 28.8 Å². The van der Waals surface area contributed by atoms with E-state index in [0.717, 1.165) is 30.8 Å². The van der Waals surface area contributed by atoms with Gasteiger partial charge in [-0.15, -0.1) is 16.4 Å². The molecule has 0 aliphatic carbocycles. The Morgan fingerprint density at radius 1 is 1.16 bits per heavy atom. The molecule has 0 saturated heterocycles. The summed E-state index contributed by atoms with van der Waals surface area (Å²) in [4.78, 5) is 5.73. The van der Waals surface area contributed by atoms with E-state index in [9.17, 15) is 9.65 Å². The molecular weight excluding hydrogens is 546 g/mol. The summed E-state index contributed by atoms with van der Waals surface area (Å²) in [5, 5.41) is 34.2. The number of hydrogen-bond donors (Lipinski definition) is 4. The normalized spacial score (nSPS) is 13.6. The van der Waals surface area contributed by atoms with Crippen LogP contribution in [0.2, 0.25) is 10.0 Å². The van der Waals surface area contributed by atoms with Gasteiger partial charge in [-0.2, -0.15) is 5.26 Å². The van der Waals surface area contributed by atoms with Gasteiger partial charge in [-0.1, -0.05) is 28.4 Å². The zero-order valence-electron chi connectivity index (χ0n) is 19.6. The van der Waals surface area contributed by atoms with Gasteiger partial charge in [0.15, 0.2) is 0 Å². The van der Waals surface area contributed by atoms with E-state index in [2.05, 4.69) is 47.8 Å². The SMILES string of the molecule is N#Cc1cnc2c(Cl)cc(NC(c3c[nH]nn3)c3csc4c3CCNC4)cc2c1Nc1ccc(F)c(Cl)c1. The minimum atomic E-state index is -0.530. The Hall–Kier alpha value is -3.75. The number of benzene rings is 2. The molecule has 1 aliphatic rings. The second-order valence-corrected chi connectivity index (χ2v) is 10.5. The van der Waals surface area contributed by atoms with Gasteiger partial charge in [-0.05, 0) is 59.8 Å². The molecule has 3 aromatic heterocycles. The second-order valence-electron chi connectivity index (χ2n) is 8.76. The van der Waals surface area contributed by atoms with Gasteiger partial charge in [0.25, 0.3) is 0 Å². The number of hydrogen-bond acceptors (Lipinski definition) is 8. The van der Waals surface area contributed by atoms with E-state index in [0.29, 0.717) is 38.6 Å². The van der Waals surface area contributed by atoms with Gasteiger partial charge < -0.3 is 16.0 Å². The lowest BCUT2D eigenvalue weighted by atomic mass is 9.97. The van der Waals surface area contributed by atoms with Crippen LogP contribution in [0.25, 0.3) is 10.9 Å². The van der Waals surface area contributed by atoms with Crippen molar-refractivity contribution in [2.75, 3.05) is 17.2 Å². The van der Waals surface area contributed by atoms with Gasteiger partial charge in [0.2, 0.25) is 0 Å². The molecule has 38 heavy (non-hydrogen) atoms. The molecule has 190 valence electrons. The number of aromatic nitrogens is 4. The van der Waals surface area contributed by atoms with Crippen LogP contribution in [-0.4, -0.2) is 26.9 Å². The third-order valence-electron chi connectivity index (χ3n) is 6.44. The largest absolute Gasteiger partial charge is 0.373 e. The van der Waals surface area contributed by atoms with Crippen molar-refractivity contribution in [3.8, 4) is 6.07 Å². The maximum atomic E-state index is 13.7. The van der Waals surface area contributed by atoms with Gasteiger partial charge in [-0.25, -0.2) is 4.39 Å². The summed E-state index contributed by atoms with van der Waals surface area (Å²) in [7, 11) is 0. The first-order chi connectivity index (χ1) is 18.5. The summed E-state index contributed by atoms with van der Waals surface area (Å²) in [5.74, 6) is -0.530. The molecule has 6 rings (SSSR count). The van der Waals surface area contributed by atoms with Crippen LogP contribution in [0.3, 0.4) is 0 Å². The first kappa shape index (κ1) is 24.6. The first-order valence-corrected chi connectivity index (χ1v) is 13.3. The van der Waals surface area contributed by atoms with Gasteiger partial charge >= 0.3 is 0 Å². The smallest absolute Gasteiger partial charge is 0.141 e. The third-order valence-corrected chi connectivity index (χ3v) is 8.06. The third kappa shape index (κ3) is 4.54. The average molecular weight is 565 g/mol. The number of anilines is 3. The maximum absolute atomic E-state index is 13.7. The van der Waals surface area contributed by atoms with Crippen LogP contribution in [-0.2, 0) is 13.0 Å². The van der Waals surface area contributed by atoms with E-state index in [1.54, 1.807) is 29.7 Å². The van der Waals surface area contributed by atoms with Crippen LogP contribution in [0.5, 0.6) is 0 Å². The van der Waals surface area contributed by atoms with Crippen LogP contribution in [0.15, 0.2) is 48.1 Å². The van der Waals surface area contributed by atoms with Crippen molar-refractivity contribution in [3.05, 3.63) is 91.2 Å². The lowest BCUT2D eigenvalue weighted by Gasteiger charge is -2.22. The highest BCUT2D eigenvalue weighted by Gasteiger charge is 2.25. The standard InChI is InChI=1S/C26H19Cl2FN8S/c27-19-6-14(1-2-21(19)29)34-24-13(8-30)9-32-25-17(24)5-15(7-20(25)28)35-26(22-10-33-37-36-22)18-12-38-23-11-31-4-3-16(18)23/h1-2,5-7,9-10,12,26,31,35H,3-4,11H2,(H,32,34)(H,33,36,37). The van der Waals surface area contributed by atoms with Gasteiger partial charge in [0.05, 0.1) is 32.9 Å². The van der Waals surface area contributed by atoms with E-state index in [4.69, 9.17) is 23.2 Å². The topological polar surface area (TPSA) is 114 Å². The summed E-state index contributed by atoms with van der Waals surface area (Å²) in [6, 6.07) is 9.85. The molecule has 0 amide bonds. The summed E-state index contributed by atoms with van der Waals surface area (Å²) in [6.45, 7) is 1.76. The number of nitrogens with zero attached hydrogens (tertiary/aromatic N) is 4. The molecule has 0 fully saturated rings. The highest BCUT2D eigenvalue weighted by Crippen LogP contribution is 2.39. The fraction of sp³-hybridized carbons (Fsp3) is 0.154. The van der Waals surface area contributed by atoms with Crippen molar-refractivity contribution >= 4 is 62.5 Å². The highest BCUT2D eigenvalue weighted by molar-refractivity contribution is 7.10. The highest BCUT2D eigenvalue weighted by atomic mass is 35.5. The molecule has 0 bridgehead atoms. The van der Waals surface area contributed by atoms with Gasteiger partial charge in [-0.3, -0.25) is 10.1 Å². The number of aromatic amines is 1. The maximum Gasteiger partial charge on any atom is 0.141 e. The molecule has 2 aromatic carbocycles. The zero-order chi connectivity index (χ0) is 26.2. The van der Waals surface area contributed by atoms with Crippen LogP contribution in [0, 0.1) is 17.1 Å². The number of nitrogens with one attached hydrogen (secondary N) is 4. The minimum absolute atomic E-state index is 0.0305. The molecule has 4 heterocycles. The number of H-pyrrole nitrogens is 1. The molecule has 12 heteroatoms. The number of fused-ring (bicyclic) bond motifs is 2. The molecule has 8 nitrogen and oxygen atoms in total.